The number of alkyl halides is 6. The first-order valence-corrected chi connectivity index (χ1v) is 9.05. The van der Waals surface area contributed by atoms with Crippen molar-refractivity contribution < 1.29 is 26.3 Å². The Bertz CT molecular complexity index is 1460. The number of rotatable bonds is 0. The maximum atomic E-state index is 13.8. The molecule has 10 heteroatoms. The van der Waals surface area contributed by atoms with Crippen molar-refractivity contribution in [1.82, 2.24) is 19.9 Å². The van der Waals surface area contributed by atoms with Gasteiger partial charge >= 0.3 is 12.4 Å². The molecule has 4 aromatic rings. The molecule has 0 spiro atoms. The minimum absolute atomic E-state index is 0.102. The van der Waals surface area contributed by atoms with Gasteiger partial charge in [0, 0.05) is 11.0 Å². The molecule has 0 fully saturated rings. The molecule has 8 bridgehead atoms. The first-order valence-electron chi connectivity index (χ1n) is 9.05. The molecular formula is C21H12F6N4. The third-order valence-corrected chi connectivity index (χ3v) is 4.96. The number of aromatic nitrogens is 4. The van der Waals surface area contributed by atoms with Crippen molar-refractivity contribution in [3.8, 4) is 0 Å². The first-order chi connectivity index (χ1) is 14.6. The summed E-state index contributed by atoms with van der Waals surface area (Å²) in [5.74, 6) is 0. The summed E-state index contributed by atoms with van der Waals surface area (Å²) in [6, 6.07) is 9.40. The molecule has 0 radical (unpaired) electrons. The average Bonchev–Trinajstić information content (AvgIpc) is 3.41. The second-order valence-electron chi connectivity index (χ2n) is 7.05. The fraction of sp³-hybridized carbons (Fsp3) is 0.0952. The maximum Gasteiger partial charge on any atom is 0.420 e. The minimum atomic E-state index is -4.70. The van der Waals surface area contributed by atoms with Crippen LogP contribution in [0.15, 0.2) is 42.5 Å². The molecule has 5 heterocycles. The van der Waals surface area contributed by atoms with Crippen molar-refractivity contribution in [2.45, 2.75) is 12.4 Å². The summed E-state index contributed by atoms with van der Waals surface area (Å²) in [7, 11) is 0. The van der Waals surface area contributed by atoms with Crippen molar-refractivity contribution in [2.24, 2.45) is 0 Å². The van der Waals surface area contributed by atoms with E-state index in [-0.39, 0.29) is 33.5 Å². The van der Waals surface area contributed by atoms with E-state index in [9.17, 15) is 26.3 Å². The number of nitrogens with one attached hydrogen (secondary N) is 3. The van der Waals surface area contributed by atoms with Crippen LogP contribution in [0, 0.1) is 0 Å². The van der Waals surface area contributed by atoms with Gasteiger partial charge in [0.15, 0.2) is 0 Å². The zero-order valence-corrected chi connectivity index (χ0v) is 15.4. The second kappa shape index (κ2) is 6.40. The number of nitrogens with zero attached hydrogens (tertiary/aromatic N) is 1. The highest BCUT2D eigenvalue weighted by molar-refractivity contribution is 5.84. The van der Waals surface area contributed by atoms with Crippen molar-refractivity contribution >= 4 is 45.3 Å². The Morgan fingerprint density at radius 3 is 1.65 bits per heavy atom. The van der Waals surface area contributed by atoms with E-state index in [0.717, 1.165) is 0 Å². The lowest BCUT2D eigenvalue weighted by Gasteiger charge is -2.07. The monoisotopic (exact) mass is 434 g/mol. The summed E-state index contributed by atoms with van der Waals surface area (Å²) >= 11 is 0. The van der Waals surface area contributed by atoms with E-state index in [2.05, 4.69) is 19.9 Å². The number of fused-ring (bicyclic) bond motifs is 9. The summed E-state index contributed by atoms with van der Waals surface area (Å²) in [4.78, 5) is 12.0. The smallest absolute Gasteiger partial charge is 0.355 e. The van der Waals surface area contributed by atoms with Gasteiger partial charge in [0.25, 0.3) is 0 Å². The molecule has 158 valence electrons. The van der Waals surface area contributed by atoms with Crippen molar-refractivity contribution in [3.63, 3.8) is 0 Å². The molecule has 4 aromatic heterocycles. The largest absolute Gasteiger partial charge is 0.420 e. The normalized spacial score (nSPS) is 13.4. The maximum absolute atomic E-state index is 13.8. The molecule has 0 saturated heterocycles. The van der Waals surface area contributed by atoms with E-state index in [0.29, 0.717) is 11.0 Å². The lowest BCUT2D eigenvalue weighted by molar-refractivity contribution is -0.137. The SMILES string of the molecule is FC(F)(F)c1c2nc(c3ccc([nH]3)c(C(F)(F)F)c3ccc(cc4ccc1[nH]4)[nH]3)C=C2. The molecule has 0 aliphatic carbocycles. The van der Waals surface area contributed by atoms with Gasteiger partial charge in [0.05, 0.1) is 33.5 Å². The fourth-order valence-corrected chi connectivity index (χ4v) is 3.68. The Morgan fingerprint density at radius 1 is 0.548 bits per heavy atom. The van der Waals surface area contributed by atoms with Gasteiger partial charge in [0.1, 0.15) is 11.1 Å². The Hall–Kier alpha value is -3.69. The Morgan fingerprint density at radius 2 is 1.03 bits per heavy atom. The van der Waals surface area contributed by atoms with E-state index in [1.54, 1.807) is 0 Å². The topological polar surface area (TPSA) is 60.3 Å². The highest BCUT2D eigenvalue weighted by atomic mass is 19.4. The molecule has 0 aromatic carbocycles. The fourth-order valence-electron chi connectivity index (χ4n) is 3.68. The van der Waals surface area contributed by atoms with Crippen LogP contribution in [-0.4, -0.2) is 19.9 Å². The highest BCUT2D eigenvalue weighted by Crippen LogP contribution is 2.37. The Kier molecular flexibility index (Phi) is 3.98. The van der Waals surface area contributed by atoms with Gasteiger partial charge < -0.3 is 15.0 Å². The number of H-pyrrole nitrogens is 3. The number of hydrogen-bond acceptors (Lipinski definition) is 1. The third-order valence-electron chi connectivity index (χ3n) is 4.96. The average molecular weight is 434 g/mol. The summed E-state index contributed by atoms with van der Waals surface area (Å²) in [5.41, 5.74) is -1.94. The molecule has 1 aliphatic heterocycles. The van der Waals surface area contributed by atoms with Gasteiger partial charge in [-0.05, 0) is 54.6 Å². The van der Waals surface area contributed by atoms with Gasteiger partial charge in [-0.25, -0.2) is 4.98 Å². The highest BCUT2D eigenvalue weighted by Gasteiger charge is 2.36. The van der Waals surface area contributed by atoms with E-state index in [4.69, 9.17) is 0 Å². The number of hydrogen-bond donors (Lipinski definition) is 3. The van der Waals surface area contributed by atoms with Crippen LogP contribution in [0.1, 0.15) is 22.5 Å². The van der Waals surface area contributed by atoms with Crippen molar-refractivity contribution in [3.05, 3.63) is 65.0 Å². The Balaban J connectivity index is 1.99. The summed E-state index contributed by atoms with van der Waals surface area (Å²) < 4.78 is 83.0. The van der Waals surface area contributed by atoms with E-state index in [1.165, 1.54) is 54.6 Å². The van der Waals surface area contributed by atoms with Crippen LogP contribution in [-0.2, 0) is 12.4 Å². The second-order valence-corrected chi connectivity index (χ2v) is 7.05. The molecule has 0 unspecified atom stereocenters. The number of halogens is 6. The van der Waals surface area contributed by atoms with Gasteiger partial charge in [-0.3, -0.25) is 0 Å². The Labute approximate surface area is 169 Å². The summed E-state index contributed by atoms with van der Waals surface area (Å²) in [6.07, 6.45) is -6.86. The quantitative estimate of drug-likeness (QED) is 0.233. The lowest BCUT2D eigenvalue weighted by Crippen LogP contribution is -2.08. The van der Waals surface area contributed by atoms with Crippen LogP contribution in [0.3, 0.4) is 0 Å². The van der Waals surface area contributed by atoms with Gasteiger partial charge in [-0.2, -0.15) is 26.3 Å². The molecule has 0 amide bonds. The summed E-state index contributed by atoms with van der Waals surface area (Å²) in [6.45, 7) is 0. The van der Waals surface area contributed by atoms with Gasteiger partial charge in [0.2, 0.25) is 0 Å². The minimum Gasteiger partial charge on any atom is -0.355 e. The van der Waals surface area contributed by atoms with Crippen molar-refractivity contribution in [2.75, 3.05) is 0 Å². The van der Waals surface area contributed by atoms with E-state index in [1.807, 2.05) is 0 Å². The zero-order valence-electron chi connectivity index (χ0n) is 15.4. The predicted octanol–water partition coefficient (Wildman–Crippen LogP) is 6.73. The van der Waals surface area contributed by atoms with Crippen LogP contribution >= 0.6 is 0 Å². The van der Waals surface area contributed by atoms with E-state index >= 15 is 0 Å². The van der Waals surface area contributed by atoms with Crippen molar-refractivity contribution in [1.29, 1.82) is 0 Å². The molecule has 0 atom stereocenters. The third kappa shape index (κ3) is 3.33. The number of aromatic amines is 3. The molecule has 4 nitrogen and oxygen atoms in total. The molecule has 5 rings (SSSR count). The van der Waals surface area contributed by atoms with Gasteiger partial charge in [-0.1, -0.05) is 0 Å². The van der Waals surface area contributed by atoms with Gasteiger partial charge in [-0.15, -0.1) is 0 Å². The van der Waals surface area contributed by atoms with Crippen LogP contribution in [0.25, 0.3) is 45.3 Å². The van der Waals surface area contributed by atoms with Crippen LogP contribution < -0.4 is 0 Å². The molecule has 31 heavy (non-hydrogen) atoms. The standard InChI is InChI=1S/C21H12F6N4/c22-20(23,24)18-14-3-1-10(28-14)9-11-2-4-15(29-11)19(21(25,26)27)17-8-6-13(31-17)12-5-7-16(18)30-12/h1-9,28-30H. The zero-order chi connectivity index (χ0) is 22.0. The molecular weight excluding hydrogens is 422 g/mol. The van der Waals surface area contributed by atoms with Crippen LogP contribution in [0.2, 0.25) is 0 Å². The lowest BCUT2D eigenvalue weighted by atomic mass is 10.2. The van der Waals surface area contributed by atoms with Crippen LogP contribution in [0.4, 0.5) is 26.3 Å². The predicted molar refractivity (Wildman–Crippen MR) is 105 cm³/mol. The molecule has 3 N–H and O–H groups in total. The van der Waals surface area contributed by atoms with E-state index < -0.39 is 23.5 Å². The molecule has 0 saturated carbocycles. The van der Waals surface area contributed by atoms with Crippen LogP contribution in [0.5, 0.6) is 0 Å². The molecule has 1 aliphatic rings. The summed E-state index contributed by atoms with van der Waals surface area (Å²) in [5, 5.41) is 0. The first kappa shape index (κ1) is 19.3.